The molecule has 2 aromatic carbocycles. The van der Waals surface area contributed by atoms with Crippen molar-refractivity contribution < 1.29 is 14.3 Å². The zero-order valence-electron chi connectivity index (χ0n) is 14.6. The van der Waals surface area contributed by atoms with Gasteiger partial charge in [-0.1, -0.05) is 25.1 Å². The largest absolute Gasteiger partial charge is 0.449 e. The zero-order chi connectivity index (χ0) is 17.7. The summed E-state index contributed by atoms with van der Waals surface area (Å²) in [6.45, 7) is 7.54. The van der Waals surface area contributed by atoms with Crippen LogP contribution in [-0.2, 0) is 16.0 Å². The van der Waals surface area contributed by atoms with Gasteiger partial charge >= 0.3 is 5.97 Å². The number of carbonyl (C=O) groups excluding carboxylic acids is 2. The Morgan fingerprint density at radius 3 is 2.29 bits per heavy atom. The summed E-state index contributed by atoms with van der Waals surface area (Å²) in [4.78, 5) is 24.3. The van der Waals surface area contributed by atoms with E-state index in [0.717, 1.165) is 17.5 Å². The van der Waals surface area contributed by atoms with Crippen LogP contribution in [0.4, 0.5) is 5.69 Å². The zero-order valence-corrected chi connectivity index (χ0v) is 14.6. The fraction of sp³-hybridized carbons (Fsp3) is 0.300. The molecular formula is C20H23NO3. The van der Waals surface area contributed by atoms with E-state index in [-0.39, 0.29) is 5.91 Å². The minimum Gasteiger partial charge on any atom is -0.449 e. The molecule has 0 aliphatic rings. The van der Waals surface area contributed by atoms with Crippen LogP contribution < -0.4 is 5.32 Å². The molecule has 2 aromatic rings. The molecule has 0 saturated carbocycles. The fourth-order valence-electron chi connectivity index (χ4n) is 2.22. The number of amides is 1. The highest BCUT2D eigenvalue weighted by atomic mass is 16.5. The molecule has 0 radical (unpaired) electrons. The molecule has 4 nitrogen and oxygen atoms in total. The Morgan fingerprint density at radius 2 is 1.71 bits per heavy atom. The Balaban J connectivity index is 1.97. The van der Waals surface area contributed by atoms with E-state index in [1.54, 1.807) is 19.1 Å². The van der Waals surface area contributed by atoms with E-state index in [1.165, 1.54) is 5.56 Å². The highest BCUT2D eigenvalue weighted by Gasteiger charge is 2.19. The van der Waals surface area contributed by atoms with Crippen molar-refractivity contribution in [1.82, 2.24) is 0 Å². The SMILES string of the molecule is CCc1ccc(NC(=O)[C@@H](C)OC(=O)c2ccc(C)c(C)c2)cc1. The maximum Gasteiger partial charge on any atom is 0.338 e. The maximum absolute atomic E-state index is 12.2. The van der Waals surface area contributed by atoms with Crippen molar-refractivity contribution in [2.75, 3.05) is 5.32 Å². The van der Waals surface area contributed by atoms with Crippen LogP contribution in [0.5, 0.6) is 0 Å². The van der Waals surface area contributed by atoms with Gasteiger partial charge in [0.05, 0.1) is 5.56 Å². The summed E-state index contributed by atoms with van der Waals surface area (Å²) in [6, 6.07) is 12.9. The van der Waals surface area contributed by atoms with Gasteiger partial charge in [0.2, 0.25) is 0 Å². The van der Waals surface area contributed by atoms with Crippen molar-refractivity contribution in [2.24, 2.45) is 0 Å². The molecule has 0 spiro atoms. The average Bonchev–Trinajstić information content (AvgIpc) is 2.57. The summed E-state index contributed by atoms with van der Waals surface area (Å²) in [5.41, 5.74) is 4.45. The van der Waals surface area contributed by atoms with Gasteiger partial charge in [-0.2, -0.15) is 0 Å². The summed E-state index contributed by atoms with van der Waals surface area (Å²) >= 11 is 0. The number of hydrogen-bond donors (Lipinski definition) is 1. The molecule has 0 fully saturated rings. The Kier molecular flexibility index (Phi) is 5.74. The van der Waals surface area contributed by atoms with Crippen LogP contribution in [-0.4, -0.2) is 18.0 Å². The van der Waals surface area contributed by atoms with E-state index >= 15 is 0 Å². The van der Waals surface area contributed by atoms with Crippen LogP contribution in [0.15, 0.2) is 42.5 Å². The van der Waals surface area contributed by atoms with Gasteiger partial charge in [0.1, 0.15) is 0 Å². The van der Waals surface area contributed by atoms with Crippen molar-refractivity contribution >= 4 is 17.6 Å². The monoisotopic (exact) mass is 325 g/mol. The molecule has 1 amide bonds. The first-order chi connectivity index (χ1) is 11.4. The van der Waals surface area contributed by atoms with Gasteiger partial charge in [-0.05, 0) is 68.1 Å². The summed E-state index contributed by atoms with van der Waals surface area (Å²) in [5, 5.41) is 2.75. The number of ether oxygens (including phenoxy) is 1. The van der Waals surface area contributed by atoms with Crippen LogP contribution >= 0.6 is 0 Å². The molecule has 1 atom stereocenters. The van der Waals surface area contributed by atoms with E-state index < -0.39 is 12.1 Å². The first-order valence-corrected chi connectivity index (χ1v) is 8.08. The summed E-state index contributed by atoms with van der Waals surface area (Å²) in [7, 11) is 0. The Bertz CT molecular complexity index is 735. The molecule has 0 saturated heterocycles. The molecule has 0 aromatic heterocycles. The molecule has 0 aliphatic heterocycles. The number of hydrogen-bond acceptors (Lipinski definition) is 3. The van der Waals surface area contributed by atoms with E-state index in [0.29, 0.717) is 11.3 Å². The van der Waals surface area contributed by atoms with E-state index in [1.807, 2.05) is 44.2 Å². The molecule has 0 heterocycles. The quantitative estimate of drug-likeness (QED) is 0.844. The third kappa shape index (κ3) is 4.44. The molecular weight excluding hydrogens is 302 g/mol. The fourth-order valence-corrected chi connectivity index (χ4v) is 2.22. The molecule has 4 heteroatoms. The molecule has 2 rings (SSSR count). The van der Waals surface area contributed by atoms with Crippen molar-refractivity contribution in [3.63, 3.8) is 0 Å². The molecule has 24 heavy (non-hydrogen) atoms. The molecule has 1 N–H and O–H groups in total. The molecule has 0 bridgehead atoms. The van der Waals surface area contributed by atoms with Crippen molar-refractivity contribution in [2.45, 2.75) is 40.2 Å². The van der Waals surface area contributed by atoms with Crippen LogP contribution in [0.1, 0.15) is 40.9 Å². The van der Waals surface area contributed by atoms with E-state index in [2.05, 4.69) is 12.2 Å². The van der Waals surface area contributed by atoms with Crippen molar-refractivity contribution in [3.05, 3.63) is 64.7 Å². The lowest BCUT2D eigenvalue weighted by Crippen LogP contribution is -2.30. The normalized spacial score (nSPS) is 11.7. The van der Waals surface area contributed by atoms with Gasteiger partial charge in [0, 0.05) is 5.69 Å². The van der Waals surface area contributed by atoms with Gasteiger partial charge in [-0.25, -0.2) is 4.79 Å². The van der Waals surface area contributed by atoms with Crippen LogP contribution in [0.3, 0.4) is 0 Å². The number of benzene rings is 2. The number of rotatable bonds is 5. The third-order valence-electron chi connectivity index (χ3n) is 4.03. The van der Waals surface area contributed by atoms with Gasteiger partial charge in [-0.3, -0.25) is 4.79 Å². The van der Waals surface area contributed by atoms with Gasteiger partial charge in [-0.15, -0.1) is 0 Å². The van der Waals surface area contributed by atoms with Gasteiger partial charge in [0.15, 0.2) is 6.10 Å². The van der Waals surface area contributed by atoms with Gasteiger partial charge in [0.25, 0.3) is 5.91 Å². The lowest BCUT2D eigenvalue weighted by molar-refractivity contribution is -0.123. The van der Waals surface area contributed by atoms with Gasteiger partial charge < -0.3 is 10.1 Å². The molecule has 0 unspecified atom stereocenters. The molecule has 0 aliphatic carbocycles. The first-order valence-electron chi connectivity index (χ1n) is 8.08. The number of aryl methyl sites for hydroxylation is 3. The maximum atomic E-state index is 12.2. The summed E-state index contributed by atoms with van der Waals surface area (Å²) in [6.07, 6.45) is 0.0723. The average molecular weight is 325 g/mol. The number of nitrogens with one attached hydrogen (secondary N) is 1. The Labute approximate surface area is 142 Å². The lowest BCUT2D eigenvalue weighted by atomic mass is 10.1. The minimum absolute atomic E-state index is 0.351. The second kappa shape index (κ2) is 7.77. The highest BCUT2D eigenvalue weighted by Crippen LogP contribution is 2.13. The standard InChI is InChI=1S/C20H23NO3/c1-5-16-7-10-18(11-8-16)21-19(22)15(4)24-20(23)17-9-6-13(2)14(3)12-17/h6-12,15H,5H2,1-4H3,(H,21,22)/t15-/m1/s1. The van der Waals surface area contributed by atoms with Crippen molar-refractivity contribution in [3.8, 4) is 0 Å². The Morgan fingerprint density at radius 1 is 1.04 bits per heavy atom. The predicted molar refractivity (Wildman–Crippen MR) is 95.2 cm³/mol. The van der Waals surface area contributed by atoms with E-state index in [9.17, 15) is 9.59 Å². The van der Waals surface area contributed by atoms with Crippen molar-refractivity contribution in [1.29, 1.82) is 0 Å². The second-order valence-corrected chi connectivity index (χ2v) is 5.89. The highest BCUT2D eigenvalue weighted by molar-refractivity contribution is 5.97. The minimum atomic E-state index is -0.870. The predicted octanol–water partition coefficient (Wildman–Crippen LogP) is 4.05. The topological polar surface area (TPSA) is 55.4 Å². The number of carbonyl (C=O) groups is 2. The van der Waals surface area contributed by atoms with Crippen LogP contribution in [0, 0.1) is 13.8 Å². The molecule has 126 valence electrons. The first kappa shape index (κ1) is 17.7. The smallest absolute Gasteiger partial charge is 0.338 e. The van der Waals surface area contributed by atoms with E-state index in [4.69, 9.17) is 4.74 Å². The lowest BCUT2D eigenvalue weighted by Gasteiger charge is -2.14. The summed E-state index contributed by atoms with van der Waals surface area (Å²) < 4.78 is 5.26. The second-order valence-electron chi connectivity index (χ2n) is 5.89. The van der Waals surface area contributed by atoms with Crippen LogP contribution in [0.2, 0.25) is 0 Å². The number of anilines is 1. The van der Waals surface area contributed by atoms with Crippen LogP contribution in [0.25, 0.3) is 0 Å². The third-order valence-corrected chi connectivity index (χ3v) is 4.03. The summed E-state index contributed by atoms with van der Waals surface area (Å²) in [5.74, 6) is -0.849. The Hall–Kier alpha value is -2.62. The number of esters is 1.